The predicted octanol–water partition coefficient (Wildman–Crippen LogP) is 2.61. The van der Waals surface area contributed by atoms with Gasteiger partial charge in [-0.2, -0.15) is 0 Å². The molecule has 2 aromatic rings. The van der Waals surface area contributed by atoms with E-state index in [0.717, 1.165) is 43.4 Å². The lowest BCUT2D eigenvalue weighted by Crippen LogP contribution is -2.45. The van der Waals surface area contributed by atoms with Gasteiger partial charge >= 0.3 is 0 Å². The zero-order valence-electron chi connectivity index (χ0n) is 14.5. The van der Waals surface area contributed by atoms with Crippen LogP contribution in [-0.2, 0) is 13.1 Å². The summed E-state index contributed by atoms with van der Waals surface area (Å²) in [5.74, 6) is 1.72. The van der Waals surface area contributed by atoms with Gasteiger partial charge in [-0.25, -0.2) is 0 Å². The maximum absolute atomic E-state index is 5.67. The number of piperidine rings is 1. The van der Waals surface area contributed by atoms with Gasteiger partial charge in [-0.05, 0) is 49.2 Å². The molecule has 1 saturated heterocycles. The summed E-state index contributed by atoms with van der Waals surface area (Å²) in [4.78, 5) is 6.94. The lowest BCUT2D eigenvalue weighted by molar-refractivity contribution is 0.171. The molecule has 0 spiro atoms. The first-order chi connectivity index (χ1) is 12.4. The quantitative estimate of drug-likeness (QED) is 0.907. The molecule has 3 heterocycles. The van der Waals surface area contributed by atoms with Crippen LogP contribution in [0, 0.1) is 0 Å². The molecule has 1 aromatic carbocycles. The second-order valence-electron chi connectivity index (χ2n) is 6.75. The van der Waals surface area contributed by atoms with E-state index in [4.69, 9.17) is 9.47 Å². The molecule has 1 atom stereocenters. The monoisotopic (exact) mass is 339 g/mol. The third kappa shape index (κ3) is 4.30. The molecule has 1 N–H and O–H groups in total. The van der Waals surface area contributed by atoms with E-state index < -0.39 is 0 Å². The summed E-state index contributed by atoms with van der Waals surface area (Å²) < 4.78 is 11.3. The fraction of sp³-hybridized carbons (Fsp3) is 0.450. The molecule has 0 saturated carbocycles. The molecular weight excluding hydrogens is 314 g/mol. The number of nitrogens with zero attached hydrogens (tertiary/aromatic N) is 2. The van der Waals surface area contributed by atoms with Gasteiger partial charge in [-0.3, -0.25) is 9.88 Å². The van der Waals surface area contributed by atoms with Crippen molar-refractivity contribution >= 4 is 0 Å². The van der Waals surface area contributed by atoms with Crippen molar-refractivity contribution in [1.82, 2.24) is 15.2 Å². The van der Waals surface area contributed by atoms with Crippen molar-refractivity contribution in [3.63, 3.8) is 0 Å². The van der Waals surface area contributed by atoms with E-state index in [9.17, 15) is 0 Å². The van der Waals surface area contributed by atoms with Crippen LogP contribution in [0.3, 0.4) is 0 Å². The zero-order chi connectivity index (χ0) is 16.9. The fourth-order valence-electron chi connectivity index (χ4n) is 3.55. The number of rotatable bonds is 5. The zero-order valence-corrected chi connectivity index (χ0v) is 14.5. The standard InChI is InChI=1S/C20H25N3O2/c1-2-8-21-17(4-1)14-23-9-3-5-18(15-23)22-13-16-6-7-19-20(12-16)25-11-10-24-19/h1-2,4,6-8,12,18,22H,3,5,9-11,13-15H2/t18-/m0/s1. The Morgan fingerprint density at radius 3 is 2.92 bits per heavy atom. The largest absolute Gasteiger partial charge is 0.486 e. The second-order valence-corrected chi connectivity index (χ2v) is 6.75. The molecule has 0 bridgehead atoms. The first kappa shape index (κ1) is 16.4. The number of benzene rings is 1. The van der Waals surface area contributed by atoms with E-state index in [2.05, 4.69) is 39.5 Å². The van der Waals surface area contributed by atoms with Gasteiger partial charge in [0.25, 0.3) is 0 Å². The molecule has 2 aliphatic heterocycles. The highest BCUT2D eigenvalue weighted by atomic mass is 16.6. The highest BCUT2D eigenvalue weighted by molar-refractivity contribution is 5.43. The fourth-order valence-corrected chi connectivity index (χ4v) is 3.55. The first-order valence-corrected chi connectivity index (χ1v) is 9.11. The van der Waals surface area contributed by atoms with Crippen LogP contribution in [0.15, 0.2) is 42.6 Å². The van der Waals surface area contributed by atoms with E-state index in [-0.39, 0.29) is 0 Å². The minimum Gasteiger partial charge on any atom is -0.486 e. The third-order valence-corrected chi connectivity index (χ3v) is 4.82. The molecule has 132 valence electrons. The van der Waals surface area contributed by atoms with Crippen LogP contribution in [0.25, 0.3) is 0 Å². The van der Waals surface area contributed by atoms with Gasteiger partial charge in [-0.1, -0.05) is 12.1 Å². The highest BCUT2D eigenvalue weighted by Gasteiger charge is 2.20. The minimum absolute atomic E-state index is 0.519. The maximum atomic E-state index is 5.67. The lowest BCUT2D eigenvalue weighted by Gasteiger charge is -2.33. The SMILES string of the molecule is c1ccc(CN2CCC[C@H](NCc3ccc4c(c3)OCCO4)C2)nc1. The van der Waals surface area contributed by atoms with E-state index in [0.29, 0.717) is 19.3 Å². The topological polar surface area (TPSA) is 46.6 Å². The molecule has 5 nitrogen and oxygen atoms in total. The third-order valence-electron chi connectivity index (χ3n) is 4.82. The number of likely N-dealkylation sites (tertiary alicyclic amines) is 1. The summed E-state index contributed by atoms with van der Waals surface area (Å²) in [7, 11) is 0. The van der Waals surface area contributed by atoms with Gasteiger partial charge in [0.05, 0.1) is 5.69 Å². The van der Waals surface area contributed by atoms with Crippen molar-refractivity contribution in [1.29, 1.82) is 0 Å². The van der Waals surface area contributed by atoms with Crippen LogP contribution in [-0.4, -0.2) is 42.2 Å². The smallest absolute Gasteiger partial charge is 0.161 e. The minimum atomic E-state index is 0.519. The number of hydrogen-bond acceptors (Lipinski definition) is 5. The molecule has 0 aliphatic carbocycles. The number of fused-ring (bicyclic) bond motifs is 1. The molecule has 2 aliphatic rings. The Kier molecular flexibility index (Phi) is 5.14. The van der Waals surface area contributed by atoms with E-state index in [1.165, 1.54) is 18.4 Å². The molecule has 5 heteroatoms. The number of ether oxygens (including phenoxy) is 2. The van der Waals surface area contributed by atoms with Crippen molar-refractivity contribution in [3.05, 3.63) is 53.9 Å². The molecule has 0 radical (unpaired) electrons. The summed E-state index contributed by atoms with van der Waals surface area (Å²) in [5, 5.41) is 3.70. The molecule has 25 heavy (non-hydrogen) atoms. The predicted molar refractivity (Wildman–Crippen MR) is 96.8 cm³/mol. The van der Waals surface area contributed by atoms with E-state index >= 15 is 0 Å². The summed E-state index contributed by atoms with van der Waals surface area (Å²) in [6.07, 6.45) is 4.33. The van der Waals surface area contributed by atoms with Crippen LogP contribution in [0.4, 0.5) is 0 Å². The summed E-state index contributed by atoms with van der Waals surface area (Å²) in [6.45, 7) is 5.29. The van der Waals surface area contributed by atoms with E-state index in [1.54, 1.807) is 0 Å². The van der Waals surface area contributed by atoms with Crippen molar-refractivity contribution in [2.75, 3.05) is 26.3 Å². The van der Waals surface area contributed by atoms with Gasteiger partial charge in [0, 0.05) is 31.9 Å². The normalized spacial score (nSPS) is 20.4. The number of aromatic nitrogens is 1. The lowest BCUT2D eigenvalue weighted by atomic mass is 10.0. The van der Waals surface area contributed by atoms with Crippen molar-refractivity contribution in [2.45, 2.75) is 32.0 Å². The first-order valence-electron chi connectivity index (χ1n) is 9.11. The number of nitrogens with one attached hydrogen (secondary N) is 1. The Morgan fingerprint density at radius 1 is 1.12 bits per heavy atom. The summed E-state index contributed by atoms with van der Waals surface area (Å²) in [6, 6.07) is 12.9. The van der Waals surface area contributed by atoms with Gasteiger partial charge in [0.15, 0.2) is 11.5 Å². The van der Waals surface area contributed by atoms with Gasteiger partial charge < -0.3 is 14.8 Å². The number of hydrogen-bond donors (Lipinski definition) is 1. The Hall–Kier alpha value is -2.11. The van der Waals surface area contributed by atoms with Crippen LogP contribution < -0.4 is 14.8 Å². The van der Waals surface area contributed by atoms with Crippen molar-refractivity contribution in [3.8, 4) is 11.5 Å². The van der Waals surface area contributed by atoms with Gasteiger partial charge in [-0.15, -0.1) is 0 Å². The molecule has 1 fully saturated rings. The summed E-state index contributed by atoms with van der Waals surface area (Å²) in [5.41, 5.74) is 2.39. The van der Waals surface area contributed by atoms with Crippen LogP contribution in [0.2, 0.25) is 0 Å². The molecule has 1 aromatic heterocycles. The van der Waals surface area contributed by atoms with Crippen LogP contribution in [0.5, 0.6) is 11.5 Å². The molecule has 4 rings (SSSR count). The Bertz CT molecular complexity index is 693. The van der Waals surface area contributed by atoms with Gasteiger partial charge in [0.1, 0.15) is 13.2 Å². The molecular formula is C20H25N3O2. The average molecular weight is 339 g/mol. The van der Waals surface area contributed by atoms with Gasteiger partial charge in [0.2, 0.25) is 0 Å². The highest BCUT2D eigenvalue weighted by Crippen LogP contribution is 2.30. The molecule has 0 unspecified atom stereocenters. The Morgan fingerprint density at radius 2 is 2.04 bits per heavy atom. The number of pyridine rings is 1. The second kappa shape index (κ2) is 7.85. The van der Waals surface area contributed by atoms with Crippen LogP contribution in [0.1, 0.15) is 24.1 Å². The van der Waals surface area contributed by atoms with Crippen LogP contribution >= 0.6 is 0 Å². The van der Waals surface area contributed by atoms with Crippen molar-refractivity contribution < 1.29 is 9.47 Å². The average Bonchev–Trinajstić information content (AvgIpc) is 2.67. The van der Waals surface area contributed by atoms with E-state index in [1.807, 2.05) is 18.3 Å². The summed E-state index contributed by atoms with van der Waals surface area (Å²) >= 11 is 0. The molecule has 0 amide bonds. The van der Waals surface area contributed by atoms with Crippen molar-refractivity contribution in [2.24, 2.45) is 0 Å². The Labute approximate surface area is 149 Å². The Balaban J connectivity index is 1.30. The maximum Gasteiger partial charge on any atom is 0.161 e.